The Labute approximate surface area is 175 Å². The average Bonchev–Trinajstić information content (AvgIpc) is 3.05. The molecule has 3 aromatic rings. The first kappa shape index (κ1) is 21.0. The normalized spacial score (nSPS) is 11.4. The van der Waals surface area contributed by atoms with E-state index in [1.807, 2.05) is 54.8 Å². The number of hydrogen-bond donors (Lipinski definition) is 1. The van der Waals surface area contributed by atoms with Gasteiger partial charge in [0.1, 0.15) is 18.1 Å². The van der Waals surface area contributed by atoms with E-state index in [-0.39, 0.29) is 25.0 Å². The van der Waals surface area contributed by atoms with Crippen molar-refractivity contribution in [3.63, 3.8) is 0 Å². The lowest BCUT2D eigenvalue weighted by atomic mass is 10.1. The standard InChI is InChI=1S/C22H25N5O3/c1-15(17-9-11-18(12-10-17)30-14-22(29)26(3)4)24-25-21(28)13-27-16(2)23-19-7-5-6-8-20(19)27/h5-12H,13-14H2,1-4H3,(H,25,28)/b24-15-. The van der Waals surface area contributed by atoms with E-state index in [4.69, 9.17) is 4.74 Å². The number of hydrogen-bond acceptors (Lipinski definition) is 5. The van der Waals surface area contributed by atoms with Crippen molar-refractivity contribution in [3.05, 3.63) is 59.9 Å². The number of aryl methyl sites for hydroxylation is 1. The van der Waals surface area contributed by atoms with Crippen molar-refractivity contribution in [3.8, 4) is 5.75 Å². The average molecular weight is 407 g/mol. The molecule has 8 nitrogen and oxygen atoms in total. The lowest BCUT2D eigenvalue weighted by Gasteiger charge is -2.11. The molecule has 3 rings (SSSR count). The molecule has 0 aliphatic heterocycles. The second kappa shape index (κ2) is 9.21. The number of carbonyl (C=O) groups excluding carboxylic acids is 2. The summed E-state index contributed by atoms with van der Waals surface area (Å²) in [7, 11) is 3.36. The van der Waals surface area contributed by atoms with Crippen molar-refractivity contribution in [2.45, 2.75) is 20.4 Å². The molecule has 1 heterocycles. The highest BCUT2D eigenvalue weighted by Crippen LogP contribution is 2.15. The van der Waals surface area contributed by atoms with Crippen molar-refractivity contribution < 1.29 is 14.3 Å². The molecule has 0 aliphatic carbocycles. The van der Waals surface area contributed by atoms with Crippen LogP contribution >= 0.6 is 0 Å². The van der Waals surface area contributed by atoms with Gasteiger partial charge in [-0.05, 0) is 55.8 Å². The molecule has 2 amide bonds. The molecule has 0 saturated carbocycles. The third-order valence-electron chi connectivity index (χ3n) is 4.63. The molecule has 30 heavy (non-hydrogen) atoms. The zero-order valence-electron chi connectivity index (χ0n) is 17.5. The summed E-state index contributed by atoms with van der Waals surface area (Å²) in [4.78, 5) is 29.9. The highest BCUT2D eigenvalue weighted by molar-refractivity contribution is 5.99. The van der Waals surface area contributed by atoms with Crippen LogP contribution in [0.2, 0.25) is 0 Å². The molecule has 2 aromatic carbocycles. The van der Waals surface area contributed by atoms with E-state index in [2.05, 4.69) is 15.5 Å². The summed E-state index contributed by atoms with van der Waals surface area (Å²) >= 11 is 0. The Morgan fingerprint density at radius 3 is 2.53 bits per heavy atom. The van der Waals surface area contributed by atoms with Crippen LogP contribution in [0.15, 0.2) is 53.6 Å². The second-order valence-electron chi connectivity index (χ2n) is 7.07. The van der Waals surface area contributed by atoms with E-state index >= 15 is 0 Å². The Morgan fingerprint density at radius 2 is 1.83 bits per heavy atom. The van der Waals surface area contributed by atoms with Gasteiger partial charge in [-0.1, -0.05) is 12.1 Å². The molecule has 1 N–H and O–H groups in total. The van der Waals surface area contributed by atoms with Crippen molar-refractivity contribution in [2.24, 2.45) is 5.10 Å². The quantitative estimate of drug-likeness (QED) is 0.481. The fourth-order valence-electron chi connectivity index (χ4n) is 2.85. The Hall–Kier alpha value is -3.68. The minimum absolute atomic E-state index is 0.0160. The van der Waals surface area contributed by atoms with E-state index in [0.717, 1.165) is 22.4 Å². The van der Waals surface area contributed by atoms with Gasteiger partial charge in [0.05, 0.1) is 16.7 Å². The molecule has 0 bridgehead atoms. The fourth-order valence-corrected chi connectivity index (χ4v) is 2.85. The number of rotatable bonds is 7. The second-order valence-corrected chi connectivity index (χ2v) is 7.07. The van der Waals surface area contributed by atoms with Crippen LogP contribution in [-0.4, -0.2) is 52.7 Å². The van der Waals surface area contributed by atoms with Crippen molar-refractivity contribution in [1.82, 2.24) is 19.9 Å². The first-order valence-corrected chi connectivity index (χ1v) is 9.53. The summed E-state index contributed by atoms with van der Waals surface area (Å²) in [6.45, 7) is 3.80. The number of benzene rings is 2. The third kappa shape index (κ3) is 5.02. The maximum absolute atomic E-state index is 12.4. The van der Waals surface area contributed by atoms with Gasteiger partial charge >= 0.3 is 0 Å². The Balaban J connectivity index is 1.59. The van der Waals surface area contributed by atoms with Crippen LogP contribution in [0.4, 0.5) is 0 Å². The number of aromatic nitrogens is 2. The summed E-state index contributed by atoms with van der Waals surface area (Å²) in [6.07, 6.45) is 0. The van der Waals surface area contributed by atoms with Gasteiger partial charge in [0.25, 0.3) is 11.8 Å². The van der Waals surface area contributed by atoms with E-state index in [1.54, 1.807) is 26.2 Å². The molecule has 0 spiro atoms. The monoisotopic (exact) mass is 407 g/mol. The van der Waals surface area contributed by atoms with Crippen molar-refractivity contribution >= 4 is 28.6 Å². The molecular weight excluding hydrogens is 382 g/mol. The number of nitrogens with one attached hydrogen (secondary N) is 1. The molecular formula is C22H25N5O3. The maximum Gasteiger partial charge on any atom is 0.260 e. The first-order chi connectivity index (χ1) is 14.3. The molecule has 8 heteroatoms. The number of nitrogens with zero attached hydrogens (tertiary/aromatic N) is 4. The van der Waals surface area contributed by atoms with Crippen LogP contribution in [-0.2, 0) is 16.1 Å². The number of para-hydroxylation sites is 2. The molecule has 0 unspecified atom stereocenters. The maximum atomic E-state index is 12.4. The largest absolute Gasteiger partial charge is 0.484 e. The van der Waals surface area contributed by atoms with E-state index in [1.165, 1.54) is 4.90 Å². The van der Waals surface area contributed by atoms with Crippen molar-refractivity contribution in [2.75, 3.05) is 20.7 Å². The van der Waals surface area contributed by atoms with Gasteiger partial charge < -0.3 is 14.2 Å². The van der Waals surface area contributed by atoms with Crippen LogP contribution in [0.5, 0.6) is 5.75 Å². The lowest BCUT2D eigenvalue weighted by molar-refractivity contribution is -0.130. The Kier molecular flexibility index (Phi) is 6.46. The van der Waals surface area contributed by atoms with Gasteiger partial charge in [-0.15, -0.1) is 0 Å². The number of carbonyl (C=O) groups is 2. The van der Waals surface area contributed by atoms with Gasteiger partial charge in [0.15, 0.2) is 6.61 Å². The number of amides is 2. The van der Waals surface area contributed by atoms with Crippen LogP contribution in [0.25, 0.3) is 11.0 Å². The van der Waals surface area contributed by atoms with Crippen LogP contribution in [0.3, 0.4) is 0 Å². The minimum Gasteiger partial charge on any atom is -0.484 e. The minimum atomic E-state index is -0.234. The lowest BCUT2D eigenvalue weighted by Crippen LogP contribution is -2.27. The highest BCUT2D eigenvalue weighted by atomic mass is 16.5. The number of hydrazone groups is 1. The van der Waals surface area contributed by atoms with E-state index < -0.39 is 0 Å². The summed E-state index contributed by atoms with van der Waals surface area (Å²) in [6, 6.07) is 14.9. The van der Waals surface area contributed by atoms with Gasteiger partial charge in [-0.3, -0.25) is 9.59 Å². The predicted molar refractivity (Wildman–Crippen MR) is 115 cm³/mol. The molecule has 0 saturated heterocycles. The summed E-state index contributed by atoms with van der Waals surface area (Å²) in [5, 5.41) is 4.19. The highest BCUT2D eigenvalue weighted by Gasteiger charge is 2.10. The summed E-state index contributed by atoms with van der Waals surface area (Å²) in [5.74, 6) is 1.02. The van der Waals surface area contributed by atoms with Gasteiger partial charge in [0.2, 0.25) is 0 Å². The van der Waals surface area contributed by atoms with Gasteiger partial charge in [-0.25, -0.2) is 10.4 Å². The van der Waals surface area contributed by atoms with E-state index in [9.17, 15) is 9.59 Å². The molecule has 156 valence electrons. The summed E-state index contributed by atoms with van der Waals surface area (Å²) < 4.78 is 7.32. The number of imidazole rings is 1. The Bertz CT molecular complexity index is 1080. The number of ether oxygens (including phenoxy) is 1. The van der Waals surface area contributed by atoms with Gasteiger partial charge in [0, 0.05) is 14.1 Å². The molecule has 0 aliphatic rings. The van der Waals surface area contributed by atoms with Crippen LogP contribution in [0, 0.1) is 6.92 Å². The molecule has 0 radical (unpaired) electrons. The third-order valence-corrected chi connectivity index (χ3v) is 4.63. The predicted octanol–water partition coefficient (Wildman–Crippen LogP) is 2.35. The molecule has 1 aromatic heterocycles. The van der Waals surface area contributed by atoms with E-state index in [0.29, 0.717) is 11.5 Å². The van der Waals surface area contributed by atoms with Crippen LogP contribution in [0.1, 0.15) is 18.3 Å². The summed E-state index contributed by atoms with van der Waals surface area (Å²) in [5.41, 5.74) is 5.86. The molecule has 0 atom stereocenters. The zero-order chi connectivity index (χ0) is 21.7. The fraction of sp³-hybridized carbons (Fsp3) is 0.273. The first-order valence-electron chi connectivity index (χ1n) is 9.53. The Morgan fingerprint density at radius 1 is 1.13 bits per heavy atom. The number of likely N-dealkylation sites (N-methyl/N-ethyl adjacent to an activating group) is 1. The smallest absolute Gasteiger partial charge is 0.260 e. The number of fused-ring (bicyclic) bond motifs is 1. The topological polar surface area (TPSA) is 88.8 Å². The SMILES string of the molecule is C/C(=N/NC(=O)Cn1c(C)nc2ccccc21)c1ccc(OCC(=O)N(C)C)cc1. The molecule has 0 fully saturated rings. The van der Waals surface area contributed by atoms with Crippen LogP contribution < -0.4 is 10.2 Å². The van der Waals surface area contributed by atoms with Crippen molar-refractivity contribution in [1.29, 1.82) is 0 Å². The zero-order valence-corrected chi connectivity index (χ0v) is 17.5. The van der Waals surface area contributed by atoms with Gasteiger partial charge in [-0.2, -0.15) is 5.10 Å².